The first-order valence-corrected chi connectivity index (χ1v) is 6.01. The molecule has 0 saturated carbocycles. The maximum Gasteiger partial charge on any atom is 0.224 e. The predicted octanol–water partition coefficient (Wildman–Crippen LogP) is 0.438. The number of hydrogen-bond acceptors (Lipinski definition) is 6. The van der Waals surface area contributed by atoms with Gasteiger partial charge in [0.15, 0.2) is 0 Å². The van der Waals surface area contributed by atoms with Crippen LogP contribution in [0.25, 0.3) is 0 Å². The van der Waals surface area contributed by atoms with Gasteiger partial charge in [0.25, 0.3) is 0 Å². The van der Waals surface area contributed by atoms with E-state index in [9.17, 15) is 0 Å². The Morgan fingerprint density at radius 1 is 1.47 bits per heavy atom. The highest BCUT2D eigenvalue weighted by Gasteiger charge is 2.15. The number of nitrogens with one attached hydrogen (secondary N) is 2. The fourth-order valence-corrected chi connectivity index (χ4v) is 1.75. The molecule has 0 aliphatic carbocycles. The van der Waals surface area contributed by atoms with Crippen LogP contribution in [0.4, 0.5) is 11.8 Å². The monoisotopic (exact) mass is 237 g/mol. The molecule has 0 amide bonds. The molecule has 94 valence electrons. The third-order valence-corrected chi connectivity index (χ3v) is 2.62. The molecule has 6 nitrogen and oxygen atoms in total. The van der Waals surface area contributed by atoms with Crippen molar-refractivity contribution < 1.29 is 4.74 Å². The summed E-state index contributed by atoms with van der Waals surface area (Å²) in [5.74, 6) is 1.42. The van der Waals surface area contributed by atoms with Crippen molar-refractivity contribution in [1.82, 2.24) is 9.97 Å². The fraction of sp³-hybridized carbons (Fsp3) is 0.636. The van der Waals surface area contributed by atoms with Gasteiger partial charge in [-0.05, 0) is 18.9 Å². The molecule has 1 aliphatic heterocycles. The van der Waals surface area contributed by atoms with Crippen LogP contribution in [0.1, 0.15) is 12.8 Å². The van der Waals surface area contributed by atoms with Gasteiger partial charge in [-0.25, -0.2) is 4.98 Å². The molecule has 6 heteroatoms. The van der Waals surface area contributed by atoms with Gasteiger partial charge in [-0.3, -0.25) is 0 Å². The second-order valence-electron chi connectivity index (χ2n) is 4.00. The highest BCUT2D eigenvalue weighted by Crippen LogP contribution is 2.12. The van der Waals surface area contributed by atoms with Crippen LogP contribution in [0.5, 0.6) is 0 Å². The third-order valence-electron chi connectivity index (χ3n) is 2.62. The maximum atomic E-state index is 5.52. The number of rotatable bonds is 6. The molecule has 1 saturated heterocycles. The van der Waals surface area contributed by atoms with Crippen molar-refractivity contribution in [2.75, 3.05) is 36.9 Å². The van der Waals surface area contributed by atoms with E-state index < -0.39 is 0 Å². The normalized spacial score (nSPS) is 19.2. The van der Waals surface area contributed by atoms with Crippen molar-refractivity contribution in [2.45, 2.75) is 18.9 Å². The van der Waals surface area contributed by atoms with Gasteiger partial charge in [0.2, 0.25) is 5.95 Å². The molecule has 1 aromatic rings. The lowest BCUT2D eigenvalue weighted by Crippen LogP contribution is -2.20. The number of nitrogens with zero attached hydrogens (tertiary/aromatic N) is 2. The van der Waals surface area contributed by atoms with Gasteiger partial charge in [-0.15, -0.1) is 0 Å². The first-order chi connectivity index (χ1) is 8.38. The fourth-order valence-electron chi connectivity index (χ4n) is 1.75. The Labute approximate surface area is 101 Å². The molecular formula is C11H19N5O. The van der Waals surface area contributed by atoms with E-state index in [1.807, 2.05) is 6.07 Å². The summed E-state index contributed by atoms with van der Waals surface area (Å²) < 4.78 is 5.52. The molecule has 1 aromatic heterocycles. The minimum Gasteiger partial charge on any atom is -0.376 e. The molecule has 0 aromatic carbocycles. The first kappa shape index (κ1) is 12.1. The molecule has 1 aliphatic rings. The standard InChI is InChI=1S/C11H19N5O/c12-4-6-13-10-3-5-14-11(16-10)15-8-9-2-1-7-17-9/h3,5,9H,1-2,4,6-8,12H2,(H2,13,14,15,16)/t9-/m0/s1. The van der Waals surface area contributed by atoms with Crippen LogP contribution >= 0.6 is 0 Å². The third kappa shape index (κ3) is 3.83. The smallest absolute Gasteiger partial charge is 0.224 e. The Hall–Kier alpha value is -1.40. The summed E-state index contributed by atoms with van der Waals surface area (Å²) in [5.41, 5.74) is 5.42. The van der Waals surface area contributed by atoms with E-state index in [0.29, 0.717) is 25.1 Å². The minimum atomic E-state index is 0.291. The summed E-state index contributed by atoms with van der Waals surface area (Å²) in [6, 6.07) is 1.83. The van der Waals surface area contributed by atoms with E-state index in [2.05, 4.69) is 20.6 Å². The number of anilines is 2. The van der Waals surface area contributed by atoms with E-state index in [1.165, 1.54) is 0 Å². The highest BCUT2D eigenvalue weighted by atomic mass is 16.5. The van der Waals surface area contributed by atoms with Gasteiger partial charge >= 0.3 is 0 Å². The van der Waals surface area contributed by atoms with Crippen LogP contribution in [0, 0.1) is 0 Å². The second kappa shape index (κ2) is 6.36. The van der Waals surface area contributed by atoms with Crippen LogP contribution in [0.2, 0.25) is 0 Å². The van der Waals surface area contributed by atoms with Crippen LogP contribution < -0.4 is 16.4 Å². The Bertz CT molecular complexity index is 340. The maximum absolute atomic E-state index is 5.52. The zero-order valence-electron chi connectivity index (χ0n) is 9.85. The SMILES string of the molecule is NCCNc1ccnc(NC[C@@H]2CCCO2)n1. The predicted molar refractivity (Wildman–Crippen MR) is 67.0 cm³/mol. The molecule has 0 bridgehead atoms. The summed E-state index contributed by atoms with van der Waals surface area (Å²) in [7, 11) is 0. The van der Waals surface area contributed by atoms with Gasteiger partial charge in [0.05, 0.1) is 6.10 Å². The highest BCUT2D eigenvalue weighted by molar-refractivity contribution is 5.39. The van der Waals surface area contributed by atoms with E-state index in [4.69, 9.17) is 10.5 Å². The summed E-state index contributed by atoms with van der Waals surface area (Å²) >= 11 is 0. The molecular weight excluding hydrogens is 218 g/mol. The van der Waals surface area contributed by atoms with E-state index in [-0.39, 0.29) is 0 Å². The van der Waals surface area contributed by atoms with Gasteiger partial charge < -0.3 is 21.1 Å². The van der Waals surface area contributed by atoms with Gasteiger partial charge in [-0.1, -0.05) is 0 Å². The Morgan fingerprint density at radius 3 is 3.18 bits per heavy atom. The van der Waals surface area contributed by atoms with Crippen LogP contribution in [-0.4, -0.2) is 42.3 Å². The average Bonchev–Trinajstić information content (AvgIpc) is 2.87. The van der Waals surface area contributed by atoms with Crippen LogP contribution in [0.3, 0.4) is 0 Å². The molecule has 2 rings (SSSR count). The lowest BCUT2D eigenvalue weighted by molar-refractivity contribution is 0.120. The van der Waals surface area contributed by atoms with Gasteiger partial charge in [0, 0.05) is 32.4 Å². The lowest BCUT2D eigenvalue weighted by Gasteiger charge is -2.11. The largest absolute Gasteiger partial charge is 0.376 e. The lowest BCUT2D eigenvalue weighted by atomic mass is 10.2. The number of aromatic nitrogens is 2. The molecule has 1 fully saturated rings. The summed E-state index contributed by atoms with van der Waals surface area (Å²) in [6.45, 7) is 2.93. The molecule has 0 unspecified atom stereocenters. The van der Waals surface area contributed by atoms with Crippen LogP contribution in [0.15, 0.2) is 12.3 Å². The van der Waals surface area contributed by atoms with Crippen molar-refractivity contribution in [2.24, 2.45) is 5.73 Å². The van der Waals surface area contributed by atoms with Crippen molar-refractivity contribution in [3.8, 4) is 0 Å². The zero-order valence-corrected chi connectivity index (χ0v) is 9.85. The van der Waals surface area contributed by atoms with Crippen molar-refractivity contribution >= 4 is 11.8 Å². The number of ether oxygens (including phenoxy) is 1. The molecule has 1 atom stereocenters. The number of hydrogen-bond donors (Lipinski definition) is 3. The Balaban J connectivity index is 1.82. The van der Waals surface area contributed by atoms with Crippen molar-refractivity contribution in [1.29, 1.82) is 0 Å². The Kier molecular flexibility index (Phi) is 4.52. The number of nitrogens with two attached hydrogens (primary N) is 1. The molecule has 2 heterocycles. The van der Waals surface area contributed by atoms with E-state index in [0.717, 1.165) is 31.8 Å². The second-order valence-corrected chi connectivity index (χ2v) is 4.00. The zero-order chi connectivity index (χ0) is 11.9. The molecule has 4 N–H and O–H groups in total. The topological polar surface area (TPSA) is 85.1 Å². The first-order valence-electron chi connectivity index (χ1n) is 6.01. The summed E-state index contributed by atoms with van der Waals surface area (Å²) in [5, 5.41) is 6.30. The average molecular weight is 237 g/mol. The molecule has 0 radical (unpaired) electrons. The van der Waals surface area contributed by atoms with E-state index >= 15 is 0 Å². The summed E-state index contributed by atoms with van der Waals surface area (Å²) in [6.07, 6.45) is 4.27. The quantitative estimate of drug-likeness (QED) is 0.665. The molecule has 17 heavy (non-hydrogen) atoms. The minimum absolute atomic E-state index is 0.291. The van der Waals surface area contributed by atoms with Crippen molar-refractivity contribution in [3.05, 3.63) is 12.3 Å². The van der Waals surface area contributed by atoms with Crippen LogP contribution in [-0.2, 0) is 4.74 Å². The van der Waals surface area contributed by atoms with E-state index in [1.54, 1.807) is 6.20 Å². The van der Waals surface area contributed by atoms with Crippen molar-refractivity contribution in [3.63, 3.8) is 0 Å². The molecule has 0 spiro atoms. The van der Waals surface area contributed by atoms with Gasteiger partial charge in [-0.2, -0.15) is 4.98 Å². The Morgan fingerprint density at radius 2 is 2.41 bits per heavy atom. The van der Waals surface area contributed by atoms with Gasteiger partial charge in [0.1, 0.15) is 5.82 Å². The summed E-state index contributed by atoms with van der Waals surface area (Å²) in [4.78, 5) is 8.49.